The number of esters is 2. The highest BCUT2D eigenvalue weighted by Gasteiger charge is 2.48. The summed E-state index contributed by atoms with van der Waals surface area (Å²) >= 11 is 0. The number of nitrogens with two attached hydrogens (primary N) is 1. The van der Waals surface area contributed by atoms with Crippen LogP contribution in [0.25, 0.3) is 0 Å². The first-order chi connectivity index (χ1) is 18.5. The largest absolute Gasteiger partial charge is 0.456 e. The average Bonchev–Trinajstić information content (AvgIpc) is 3.17. The van der Waals surface area contributed by atoms with Crippen LogP contribution in [0.15, 0.2) is 0 Å². The molecule has 1 saturated heterocycles. The zero-order valence-corrected chi connectivity index (χ0v) is 23.7. The molecule has 1 heterocycles. The maximum absolute atomic E-state index is 12.9. The number of unbranched alkanes of at least 4 members (excludes halogenated alkanes) is 9. The number of cyclic esters (lactones) is 1. The van der Waals surface area contributed by atoms with Gasteiger partial charge in [-0.3, -0.25) is 14.4 Å². The Bertz CT molecular complexity index is 780. The van der Waals surface area contributed by atoms with Gasteiger partial charge in [0.1, 0.15) is 17.7 Å². The fraction of sp³-hybridized carbons (Fsp3) is 0.852. The maximum atomic E-state index is 12.9. The Morgan fingerprint density at radius 1 is 1.00 bits per heavy atom. The van der Waals surface area contributed by atoms with Crippen molar-refractivity contribution in [1.82, 2.24) is 10.6 Å². The Morgan fingerprint density at radius 2 is 1.56 bits per heavy atom. The minimum absolute atomic E-state index is 0.144. The molecule has 226 valence electrons. The van der Waals surface area contributed by atoms with E-state index < -0.39 is 72.9 Å². The highest BCUT2D eigenvalue weighted by atomic mass is 16.6. The molecule has 0 aromatic rings. The van der Waals surface area contributed by atoms with Crippen LogP contribution in [0.3, 0.4) is 0 Å². The summed E-state index contributed by atoms with van der Waals surface area (Å²) < 4.78 is 11.1. The number of carbonyl (C=O) groups excluding carboxylic acids is 4. The molecule has 0 bridgehead atoms. The van der Waals surface area contributed by atoms with Crippen molar-refractivity contribution >= 4 is 23.8 Å². The van der Waals surface area contributed by atoms with Crippen molar-refractivity contribution in [2.45, 2.75) is 134 Å². The zero-order valence-electron chi connectivity index (χ0n) is 23.7. The van der Waals surface area contributed by atoms with Crippen LogP contribution >= 0.6 is 0 Å². The Kier molecular flexibility index (Phi) is 16.2. The Hall–Kier alpha value is -2.28. The SMILES string of the molecule is CCCCCCCCCCCCC1(C)OC(=O)CC1OC(=O)[C@H](NC(=O)[C@@H](CO)NC(=O)[C@H](N)CO)[C@@H](C)O. The summed E-state index contributed by atoms with van der Waals surface area (Å²) in [5, 5.41) is 33.0. The van der Waals surface area contributed by atoms with E-state index in [0.29, 0.717) is 6.42 Å². The number of ether oxygens (including phenoxy) is 2. The van der Waals surface area contributed by atoms with Crippen LogP contribution in [-0.4, -0.2) is 88.2 Å². The first kappa shape index (κ1) is 34.7. The number of aliphatic hydroxyl groups is 3. The number of hydrogen-bond donors (Lipinski definition) is 6. The van der Waals surface area contributed by atoms with Crippen LogP contribution in [0.2, 0.25) is 0 Å². The van der Waals surface area contributed by atoms with Gasteiger partial charge >= 0.3 is 11.9 Å². The van der Waals surface area contributed by atoms with E-state index >= 15 is 0 Å². The van der Waals surface area contributed by atoms with E-state index in [0.717, 1.165) is 25.7 Å². The molecule has 1 aliphatic rings. The number of nitrogens with one attached hydrogen (secondary N) is 2. The predicted octanol–water partition coefficient (Wildman–Crippen LogP) is 0.577. The topological polar surface area (TPSA) is 198 Å². The van der Waals surface area contributed by atoms with Crippen molar-refractivity contribution in [3.63, 3.8) is 0 Å². The predicted molar refractivity (Wildman–Crippen MR) is 143 cm³/mol. The fourth-order valence-corrected chi connectivity index (χ4v) is 4.48. The number of amides is 2. The molecule has 12 heteroatoms. The number of hydrogen-bond acceptors (Lipinski definition) is 10. The first-order valence-corrected chi connectivity index (χ1v) is 14.2. The molecule has 0 aliphatic carbocycles. The summed E-state index contributed by atoms with van der Waals surface area (Å²) in [6.45, 7) is 3.68. The van der Waals surface area contributed by atoms with Gasteiger partial charge in [-0.2, -0.15) is 0 Å². The molecule has 0 saturated carbocycles. The molecular weight excluding hydrogens is 510 g/mol. The molecule has 0 radical (unpaired) electrons. The van der Waals surface area contributed by atoms with E-state index in [1.807, 2.05) is 0 Å². The third-order valence-corrected chi connectivity index (χ3v) is 7.05. The minimum Gasteiger partial charge on any atom is -0.456 e. The molecule has 2 amide bonds. The molecule has 0 aromatic carbocycles. The van der Waals surface area contributed by atoms with Gasteiger partial charge in [-0.1, -0.05) is 64.7 Å². The van der Waals surface area contributed by atoms with Gasteiger partial charge in [-0.05, 0) is 26.7 Å². The van der Waals surface area contributed by atoms with Crippen LogP contribution in [0.4, 0.5) is 0 Å². The first-order valence-electron chi connectivity index (χ1n) is 14.2. The van der Waals surface area contributed by atoms with Gasteiger partial charge in [-0.25, -0.2) is 4.79 Å². The second-order valence-corrected chi connectivity index (χ2v) is 10.6. The lowest BCUT2D eigenvalue weighted by Gasteiger charge is -2.31. The summed E-state index contributed by atoms with van der Waals surface area (Å²) in [4.78, 5) is 49.5. The van der Waals surface area contributed by atoms with E-state index in [1.165, 1.54) is 45.4 Å². The normalized spacial score (nSPS) is 21.9. The zero-order chi connectivity index (χ0) is 29.4. The lowest BCUT2D eigenvalue weighted by molar-refractivity contribution is -0.167. The van der Waals surface area contributed by atoms with Crippen molar-refractivity contribution in [3.8, 4) is 0 Å². The molecule has 39 heavy (non-hydrogen) atoms. The molecule has 0 aromatic heterocycles. The van der Waals surface area contributed by atoms with Crippen molar-refractivity contribution in [2.75, 3.05) is 13.2 Å². The van der Waals surface area contributed by atoms with Gasteiger partial charge in [-0.15, -0.1) is 0 Å². The van der Waals surface area contributed by atoms with Crippen LogP contribution in [0.5, 0.6) is 0 Å². The van der Waals surface area contributed by atoms with Crippen molar-refractivity contribution < 1.29 is 44.0 Å². The molecule has 2 unspecified atom stereocenters. The molecule has 12 nitrogen and oxygen atoms in total. The maximum Gasteiger partial charge on any atom is 0.331 e. The smallest absolute Gasteiger partial charge is 0.331 e. The molecule has 6 atom stereocenters. The molecule has 7 N–H and O–H groups in total. The number of carbonyl (C=O) groups is 4. The quantitative estimate of drug-likeness (QED) is 0.0906. The number of aliphatic hydroxyl groups excluding tert-OH is 3. The second-order valence-electron chi connectivity index (χ2n) is 10.6. The Balaban J connectivity index is 2.64. The van der Waals surface area contributed by atoms with Crippen LogP contribution < -0.4 is 16.4 Å². The highest BCUT2D eigenvalue weighted by Crippen LogP contribution is 2.34. The van der Waals surface area contributed by atoms with E-state index in [-0.39, 0.29) is 6.42 Å². The molecule has 1 fully saturated rings. The average molecular weight is 560 g/mol. The standard InChI is InChI=1S/C27H49N3O9/c1-4-5-6-7-8-9-10-11-12-13-14-27(3)21(15-22(34)39-27)38-26(37)23(18(2)33)30-25(36)20(17-32)29-24(35)19(28)16-31/h18-21,23,31-33H,4-17,28H2,1-3H3,(H,29,35)(H,30,36)/t18-,19-,20-,21?,23-,27?/m1/s1. The van der Waals surface area contributed by atoms with Crippen LogP contribution in [-0.2, 0) is 28.7 Å². The molecular formula is C27H49N3O9. The molecule has 1 rings (SSSR count). The summed E-state index contributed by atoms with van der Waals surface area (Å²) in [6, 6.07) is -4.33. The van der Waals surface area contributed by atoms with Gasteiger partial charge in [0.25, 0.3) is 0 Å². The summed E-state index contributed by atoms with van der Waals surface area (Å²) in [5.41, 5.74) is 4.38. The van der Waals surface area contributed by atoms with Gasteiger partial charge < -0.3 is 41.2 Å². The van der Waals surface area contributed by atoms with E-state index in [4.69, 9.17) is 20.3 Å². The van der Waals surface area contributed by atoms with E-state index in [2.05, 4.69) is 17.6 Å². The molecule has 1 aliphatic heterocycles. The lowest BCUT2D eigenvalue weighted by atomic mass is 9.91. The monoisotopic (exact) mass is 559 g/mol. The summed E-state index contributed by atoms with van der Waals surface area (Å²) in [7, 11) is 0. The van der Waals surface area contributed by atoms with Crippen molar-refractivity contribution in [2.24, 2.45) is 5.73 Å². The third-order valence-electron chi connectivity index (χ3n) is 7.05. The van der Waals surface area contributed by atoms with Gasteiger partial charge in [0.2, 0.25) is 11.8 Å². The second kappa shape index (κ2) is 18.1. The highest BCUT2D eigenvalue weighted by molar-refractivity contribution is 5.92. The third kappa shape index (κ3) is 12.2. The molecule has 0 spiro atoms. The summed E-state index contributed by atoms with van der Waals surface area (Å²) in [5.74, 6) is -3.33. The summed E-state index contributed by atoms with van der Waals surface area (Å²) in [6.07, 6.45) is 9.59. The van der Waals surface area contributed by atoms with E-state index in [1.54, 1.807) is 6.92 Å². The van der Waals surface area contributed by atoms with Crippen molar-refractivity contribution in [1.29, 1.82) is 0 Å². The fourth-order valence-electron chi connectivity index (χ4n) is 4.48. The van der Waals surface area contributed by atoms with Gasteiger partial charge in [0.05, 0.1) is 25.7 Å². The minimum atomic E-state index is -1.53. The number of rotatable bonds is 20. The van der Waals surface area contributed by atoms with Crippen LogP contribution in [0, 0.1) is 0 Å². The van der Waals surface area contributed by atoms with Gasteiger partial charge in [0, 0.05) is 0 Å². The van der Waals surface area contributed by atoms with Gasteiger partial charge in [0.15, 0.2) is 12.1 Å². The Labute approximate surface area is 231 Å². The van der Waals surface area contributed by atoms with Crippen molar-refractivity contribution in [3.05, 3.63) is 0 Å². The lowest BCUT2D eigenvalue weighted by Crippen LogP contribution is -2.58. The Morgan fingerprint density at radius 3 is 2.08 bits per heavy atom. The van der Waals surface area contributed by atoms with E-state index in [9.17, 15) is 29.4 Å². The van der Waals surface area contributed by atoms with Crippen LogP contribution in [0.1, 0.15) is 97.8 Å².